The molecule has 1 amide bonds. The molecule has 0 spiro atoms. The van der Waals surface area contributed by atoms with Gasteiger partial charge in [0.1, 0.15) is 0 Å². The van der Waals surface area contributed by atoms with Crippen molar-refractivity contribution in [2.45, 2.75) is 33.2 Å². The van der Waals surface area contributed by atoms with Crippen LogP contribution in [-0.4, -0.2) is 25.0 Å². The third kappa shape index (κ3) is 3.74. The molecule has 4 nitrogen and oxygen atoms in total. The Labute approximate surface area is 109 Å². The summed E-state index contributed by atoms with van der Waals surface area (Å²) in [7, 11) is 0. The summed E-state index contributed by atoms with van der Waals surface area (Å²) in [6.07, 6.45) is 0.642. The van der Waals surface area contributed by atoms with Gasteiger partial charge in [-0.3, -0.25) is 4.79 Å². The predicted octanol–water partition coefficient (Wildman–Crippen LogP) is 2.21. The van der Waals surface area contributed by atoms with Crippen LogP contribution < -0.4 is 16.0 Å². The third-order valence-corrected chi connectivity index (χ3v) is 3.04. The molecule has 100 valence electrons. The summed E-state index contributed by atoms with van der Waals surface area (Å²) in [5.74, 6) is -0.131. The van der Waals surface area contributed by atoms with Crippen molar-refractivity contribution in [2.75, 3.05) is 23.3 Å². The zero-order chi connectivity index (χ0) is 13.5. The van der Waals surface area contributed by atoms with E-state index in [1.54, 1.807) is 0 Å². The van der Waals surface area contributed by atoms with Gasteiger partial charge in [0.2, 0.25) is 5.91 Å². The number of nitrogens with one attached hydrogen (secondary N) is 1. The normalized spacial score (nSPS) is 12.0. The molecule has 0 radical (unpaired) electrons. The number of carbonyl (C=O) groups is 1. The maximum absolute atomic E-state index is 11.6. The number of nitrogens with two attached hydrogens (primary N) is 1. The lowest BCUT2D eigenvalue weighted by atomic mass is 10.2. The summed E-state index contributed by atoms with van der Waals surface area (Å²) in [6, 6.07) is 7.41. The van der Waals surface area contributed by atoms with Gasteiger partial charge in [-0.25, -0.2) is 0 Å². The first kappa shape index (κ1) is 14.5. The molecule has 18 heavy (non-hydrogen) atoms. The molecule has 0 fully saturated rings. The molecular formula is C14H23N3O. The van der Waals surface area contributed by atoms with Crippen LogP contribution in [0.4, 0.5) is 11.4 Å². The Balaban J connectivity index is 2.68. The van der Waals surface area contributed by atoms with E-state index in [-0.39, 0.29) is 5.91 Å². The van der Waals surface area contributed by atoms with Crippen LogP contribution in [0.1, 0.15) is 27.2 Å². The molecule has 4 heteroatoms. The van der Waals surface area contributed by atoms with Crippen molar-refractivity contribution in [1.29, 1.82) is 0 Å². The van der Waals surface area contributed by atoms with Gasteiger partial charge in [-0.1, -0.05) is 6.92 Å². The fourth-order valence-corrected chi connectivity index (χ4v) is 1.76. The first-order chi connectivity index (χ1) is 8.62. The minimum Gasteiger partial charge on any atom is -0.372 e. The second-order valence-corrected chi connectivity index (χ2v) is 4.22. The molecule has 0 saturated heterocycles. The van der Waals surface area contributed by atoms with Crippen LogP contribution in [0.25, 0.3) is 0 Å². The van der Waals surface area contributed by atoms with Crippen molar-refractivity contribution < 1.29 is 4.79 Å². The average Bonchev–Trinajstić information content (AvgIpc) is 2.41. The first-order valence-electron chi connectivity index (χ1n) is 6.53. The molecule has 0 bridgehead atoms. The predicted molar refractivity (Wildman–Crippen MR) is 76.9 cm³/mol. The van der Waals surface area contributed by atoms with Crippen LogP contribution in [0.3, 0.4) is 0 Å². The molecule has 0 unspecified atom stereocenters. The molecule has 1 atom stereocenters. The van der Waals surface area contributed by atoms with Gasteiger partial charge in [-0.2, -0.15) is 0 Å². The smallest absolute Gasteiger partial charge is 0.241 e. The minimum atomic E-state index is -0.438. The van der Waals surface area contributed by atoms with Crippen molar-refractivity contribution in [2.24, 2.45) is 5.73 Å². The van der Waals surface area contributed by atoms with E-state index >= 15 is 0 Å². The SMILES string of the molecule is CC[C@@H](N)C(=O)Nc1ccc(N(CC)CC)cc1. The molecule has 1 aromatic rings. The van der Waals surface area contributed by atoms with E-state index in [1.165, 1.54) is 0 Å². The van der Waals surface area contributed by atoms with Crippen LogP contribution in [0.5, 0.6) is 0 Å². The fraction of sp³-hybridized carbons (Fsp3) is 0.500. The summed E-state index contributed by atoms with van der Waals surface area (Å²) in [5, 5.41) is 2.81. The highest BCUT2D eigenvalue weighted by atomic mass is 16.2. The van der Waals surface area contributed by atoms with Gasteiger partial charge >= 0.3 is 0 Å². The highest BCUT2D eigenvalue weighted by molar-refractivity contribution is 5.94. The third-order valence-electron chi connectivity index (χ3n) is 3.04. The zero-order valence-electron chi connectivity index (χ0n) is 11.4. The van der Waals surface area contributed by atoms with E-state index in [0.717, 1.165) is 24.5 Å². The lowest BCUT2D eigenvalue weighted by Gasteiger charge is -2.21. The second-order valence-electron chi connectivity index (χ2n) is 4.22. The number of rotatable bonds is 6. The Morgan fingerprint density at radius 2 is 1.78 bits per heavy atom. The van der Waals surface area contributed by atoms with E-state index in [1.807, 2.05) is 31.2 Å². The lowest BCUT2D eigenvalue weighted by molar-refractivity contribution is -0.117. The molecular weight excluding hydrogens is 226 g/mol. The molecule has 3 N–H and O–H groups in total. The Morgan fingerprint density at radius 3 is 2.22 bits per heavy atom. The van der Waals surface area contributed by atoms with Crippen LogP contribution in [0.2, 0.25) is 0 Å². The van der Waals surface area contributed by atoms with Gasteiger partial charge in [0.05, 0.1) is 6.04 Å². The Morgan fingerprint density at radius 1 is 1.22 bits per heavy atom. The van der Waals surface area contributed by atoms with Gasteiger partial charge in [0.25, 0.3) is 0 Å². The Hall–Kier alpha value is -1.55. The first-order valence-corrected chi connectivity index (χ1v) is 6.53. The average molecular weight is 249 g/mol. The van der Waals surface area contributed by atoms with Gasteiger partial charge < -0.3 is 16.0 Å². The highest BCUT2D eigenvalue weighted by Gasteiger charge is 2.10. The van der Waals surface area contributed by atoms with E-state index in [0.29, 0.717) is 6.42 Å². The monoisotopic (exact) mass is 249 g/mol. The van der Waals surface area contributed by atoms with E-state index in [4.69, 9.17) is 5.73 Å². The van der Waals surface area contributed by atoms with E-state index < -0.39 is 6.04 Å². The summed E-state index contributed by atoms with van der Waals surface area (Å²) in [4.78, 5) is 13.9. The van der Waals surface area contributed by atoms with Crippen LogP contribution in [0.15, 0.2) is 24.3 Å². The topological polar surface area (TPSA) is 58.4 Å². The number of amides is 1. The Bertz CT molecular complexity index is 371. The number of benzene rings is 1. The van der Waals surface area contributed by atoms with Crippen LogP contribution >= 0.6 is 0 Å². The van der Waals surface area contributed by atoms with E-state index in [2.05, 4.69) is 24.1 Å². The summed E-state index contributed by atoms with van der Waals surface area (Å²) < 4.78 is 0. The van der Waals surface area contributed by atoms with E-state index in [9.17, 15) is 4.79 Å². The zero-order valence-corrected chi connectivity index (χ0v) is 11.4. The molecule has 0 aliphatic heterocycles. The van der Waals surface area contributed by atoms with Crippen molar-refractivity contribution in [3.8, 4) is 0 Å². The molecule has 0 aliphatic rings. The molecule has 0 heterocycles. The van der Waals surface area contributed by atoms with Crippen molar-refractivity contribution >= 4 is 17.3 Å². The maximum Gasteiger partial charge on any atom is 0.241 e. The molecule has 0 aromatic heterocycles. The van der Waals surface area contributed by atoms with Crippen molar-refractivity contribution in [3.05, 3.63) is 24.3 Å². The minimum absolute atomic E-state index is 0.131. The Kier molecular flexibility index (Phi) is 5.65. The van der Waals surface area contributed by atoms with Crippen molar-refractivity contribution in [3.63, 3.8) is 0 Å². The van der Waals surface area contributed by atoms with Gasteiger partial charge in [-0.05, 0) is 44.5 Å². The van der Waals surface area contributed by atoms with Gasteiger partial charge in [-0.15, -0.1) is 0 Å². The molecule has 0 aliphatic carbocycles. The number of nitrogens with zero attached hydrogens (tertiary/aromatic N) is 1. The number of hydrogen-bond acceptors (Lipinski definition) is 3. The van der Waals surface area contributed by atoms with Crippen molar-refractivity contribution in [1.82, 2.24) is 0 Å². The molecule has 0 saturated carbocycles. The van der Waals surface area contributed by atoms with Gasteiger partial charge in [0, 0.05) is 24.5 Å². The molecule has 1 aromatic carbocycles. The number of anilines is 2. The fourth-order valence-electron chi connectivity index (χ4n) is 1.76. The number of hydrogen-bond donors (Lipinski definition) is 2. The summed E-state index contributed by atoms with van der Waals surface area (Å²) in [6.45, 7) is 8.10. The summed E-state index contributed by atoms with van der Waals surface area (Å²) in [5.41, 5.74) is 7.62. The second kappa shape index (κ2) is 7.01. The number of carbonyl (C=O) groups excluding carboxylic acids is 1. The van der Waals surface area contributed by atoms with Gasteiger partial charge in [0.15, 0.2) is 0 Å². The maximum atomic E-state index is 11.6. The quantitative estimate of drug-likeness (QED) is 0.812. The molecule has 1 rings (SSSR count). The van der Waals surface area contributed by atoms with Crippen LogP contribution in [0, 0.1) is 0 Å². The van der Waals surface area contributed by atoms with Crippen LogP contribution in [-0.2, 0) is 4.79 Å². The highest BCUT2D eigenvalue weighted by Crippen LogP contribution is 2.17. The largest absolute Gasteiger partial charge is 0.372 e. The lowest BCUT2D eigenvalue weighted by Crippen LogP contribution is -2.34. The standard InChI is InChI=1S/C14H23N3O/c1-4-13(15)14(18)16-11-7-9-12(10-8-11)17(5-2)6-3/h7-10,13H,4-6,15H2,1-3H3,(H,16,18)/t13-/m1/s1. The summed E-state index contributed by atoms with van der Waals surface area (Å²) >= 11 is 0.